The van der Waals surface area contributed by atoms with Gasteiger partial charge in [-0.15, -0.1) is 0 Å². The van der Waals surface area contributed by atoms with E-state index in [1.165, 1.54) is 180 Å². The molecule has 0 fully saturated rings. The minimum Gasteiger partial charge on any atom is -0.396 e. The molecule has 0 aromatic heterocycles. The number of rotatable bonds is 34. The molecule has 0 bridgehead atoms. The topological polar surface area (TPSA) is 93.9 Å². The van der Waals surface area contributed by atoms with Gasteiger partial charge in [0.05, 0.1) is 6.61 Å². The summed E-state index contributed by atoms with van der Waals surface area (Å²) in [4.78, 5) is 3.95. The highest BCUT2D eigenvalue weighted by Crippen LogP contribution is 2.14. The molecule has 0 rings (SSSR count). The molecule has 0 saturated carbocycles. The summed E-state index contributed by atoms with van der Waals surface area (Å²) in [7, 11) is 0. The predicted molar refractivity (Wildman–Crippen MR) is 202 cm³/mol. The molecule has 0 aromatic carbocycles. The molecule has 0 atom stereocenters. The Kier molecular flexibility index (Phi) is 70.7. The van der Waals surface area contributed by atoms with Crippen LogP contribution in [-0.2, 0) is 9.62 Å². The van der Waals surface area contributed by atoms with Crippen molar-refractivity contribution in [3.8, 4) is 0 Å². The standard InChI is InChI=1S/C20H42O3.C16H34O.C2H6.CH4.H3N.H2/c1-2-3-4-5-6-7-8-9-10-11-12-13-14-15-16-17-18-22-19-20-23-21;1-2-3-4-5-6-7-8-9-10-11-12-13-14-15-16-17;1-2;;;/h21H,2-20H2,1H3;17H,2-16H2,1H3;1-2H3;1H4;1H3;1H. The Bertz CT molecular complexity index is 371. The normalized spacial score (nSPS) is 10.2. The monoisotopic (exact) mass is 638 g/mol. The van der Waals surface area contributed by atoms with Gasteiger partial charge in [-0.3, -0.25) is 5.26 Å². The largest absolute Gasteiger partial charge is 0.396 e. The zero-order valence-electron chi connectivity index (χ0n) is 30.5. The Morgan fingerprint density at radius 1 is 0.386 bits per heavy atom. The second kappa shape index (κ2) is 58.3. The molecular weight excluding hydrogens is 546 g/mol. The van der Waals surface area contributed by atoms with E-state index in [-0.39, 0.29) is 21.6 Å². The third-order valence-corrected chi connectivity index (χ3v) is 7.97. The summed E-state index contributed by atoms with van der Waals surface area (Å²) in [5.41, 5.74) is 0. The maximum absolute atomic E-state index is 8.64. The van der Waals surface area contributed by atoms with Crippen molar-refractivity contribution in [1.29, 1.82) is 0 Å². The first-order valence-electron chi connectivity index (χ1n) is 19.3. The lowest BCUT2D eigenvalue weighted by Gasteiger charge is -2.04. The van der Waals surface area contributed by atoms with E-state index in [9.17, 15) is 0 Å². The smallest absolute Gasteiger partial charge is 0.105 e. The molecule has 0 aliphatic carbocycles. The van der Waals surface area contributed by atoms with Crippen molar-refractivity contribution in [2.75, 3.05) is 26.4 Å². The van der Waals surface area contributed by atoms with Crippen molar-refractivity contribution < 1.29 is 21.4 Å². The summed E-state index contributed by atoms with van der Waals surface area (Å²) in [6.45, 7) is 10.5. The molecule has 44 heavy (non-hydrogen) atoms. The number of hydrogen-bond acceptors (Lipinski definition) is 5. The molecule has 276 valence electrons. The Labute approximate surface area is 281 Å². The number of aliphatic hydroxyl groups excluding tert-OH is 1. The van der Waals surface area contributed by atoms with Crippen LogP contribution in [0.2, 0.25) is 0 Å². The molecule has 0 unspecified atom stereocenters. The van der Waals surface area contributed by atoms with Crippen molar-refractivity contribution in [1.82, 2.24) is 6.15 Å². The molecular formula is C39H91NO4. The fourth-order valence-corrected chi connectivity index (χ4v) is 5.26. The molecule has 5 nitrogen and oxygen atoms in total. The van der Waals surface area contributed by atoms with Crippen molar-refractivity contribution >= 4 is 0 Å². The average Bonchev–Trinajstić information content (AvgIpc) is 3.02. The molecule has 0 aliphatic heterocycles. The predicted octanol–water partition coefficient (Wildman–Crippen LogP) is 14.3. The summed E-state index contributed by atoms with van der Waals surface area (Å²) < 4.78 is 5.31. The van der Waals surface area contributed by atoms with E-state index in [0.29, 0.717) is 13.2 Å². The fourth-order valence-electron chi connectivity index (χ4n) is 5.26. The Morgan fingerprint density at radius 2 is 0.636 bits per heavy atom. The third kappa shape index (κ3) is 60.9. The van der Waals surface area contributed by atoms with Crippen LogP contribution in [0.15, 0.2) is 0 Å². The van der Waals surface area contributed by atoms with E-state index in [0.717, 1.165) is 19.4 Å². The molecule has 0 aromatic rings. The molecule has 0 radical (unpaired) electrons. The summed E-state index contributed by atoms with van der Waals surface area (Å²) >= 11 is 0. The van der Waals surface area contributed by atoms with Crippen LogP contribution in [0.25, 0.3) is 0 Å². The Hall–Kier alpha value is -0.200. The third-order valence-electron chi connectivity index (χ3n) is 7.97. The molecule has 0 spiro atoms. The van der Waals surface area contributed by atoms with E-state index >= 15 is 0 Å². The van der Waals surface area contributed by atoms with Gasteiger partial charge in [0.1, 0.15) is 6.61 Å². The summed E-state index contributed by atoms with van der Waals surface area (Å²) in [6, 6.07) is 0. The van der Waals surface area contributed by atoms with Gasteiger partial charge in [-0.2, -0.15) is 0 Å². The summed E-state index contributed by atoms with van der Waals surface area (Å²) in [5, 5.41) is 16.8. The molecule has 0 saturated heterocycles. The van der Waals surface area contributed by atoms with Gasteiger partial charge < -0.3 is 16.0 Å². The van der Waals surface area contributed by atoms with Gasteiger partial charge in [0.2, 0.25) is 0 Å². The second-order valence-electron chi connectivity index (χ2n) is 12.1. The number of unbranched alkanes of at least 4 members (excludes halogenated alkanes) is 28. The van der Waals surface area contributed by atoms with Gasteiger partial charge >= 0.3 is 0 Å². The van der Waals surface area contributed by atoms with Crippen LogP contribution in [0.4, 0.5) is 0 Å². The lowest BCUT2D eigenvalue weighted by atomic mass is 10.0. The maximum Gasteiger partial charge on any atom is 0.105 e. The van der Waals surface area contributed by atoms with E-state index < -0.39 is 0 Å². The first-order chi connectivity index (χ1) is 20.8. The fraction of sp³-hybridized carbons (Fsp3) is 1.00. The van der Waals surface area contributed by atoms with Crippen molar-refractivity contribution in [3.05, 3.63) is 0 Å². The van der Waals surface area contributed by atoms with E-state index in [2.05, 4.69) is 18.7 Å². The van der Waals surface area contributed by atoms with Gasteiger partial charge in [-0.05, 0) is 12.8 Å². The Balaban J connectivity index is -0.000000155. The lowest BCUT2D eigenvalue weighted by molar-refractivity contribution is -0.249. The quantitative estimate of drug-likeness (QED) is 0.0371. The van der Waals surface area contributed by atoms with Gasteiger partial charge in [0.25, 0.3) is 0 Å². The van der Waals surface area contributed by atoms with E-state index in [1.54, 1.807) is 0 Å². The van der Waals surface area contributed by atoms with Crippen LogP contribution in [0, 0.1) is 0 Å². The summed E-state index contributed by atoms with van der Waals surface area (Å²) in [6.07, 6.45) is 41.5. The zero-order valence-corrected chi connectivity index (χ0v) is 30.5. The van der Waals surface area contributed by atoms with E-state index in [4.69, 9.17) is 15.1 Å². The molecule has 0 heterocycles. The minimum absolute atomic E-state index is 0. The van der Waals surface area contributed by atoms with E-state index in [1.807, 2.05) is 13.8 Å². The summed E-state index contributed by atoms with van der Waals surface area (Å²) in [5.74, 6) is 0. The van der Waals surface area contributed by atoms with Crippen LogP contribution < -0.4 is 6.15 Å². The van der Waals surface area contributed by atoms with Gasteiger partial charge in [0.15, 0.2) is 0 Å². The first kappa shape index (κ1) is 53.3. The van der Waals surface area contributed by atoms with Crippen LogP contribution in [0.5, 0.6) is 0 Å². The highest BCUT2D eigenvalue weighted by molar-refractivity contribution is 4.51. The average molecular weight is 638 g/mol. The molecule has 5 N–H and O–H groups in total. The minimum atomic E-state index is 0. The van der Waals surface area contributed by atoms with Crippen LogP contribution in [0.3, 0.4) is 0 Å². The second-order valence-corrected chi connectivity index (χ2v) is 12.1. The maximum atomic E-state index is 8.64. The SMILES string of the molecule is C.CC.CCCCCCCCCCCCCCCCCCOCCOO.CCCCCCCCCCCCCCCCO.N.[HH]. The number of aliphatic hydroxyl groups is 1. The molecule has 0 amide bonds. The highest BCUT2D eigenvalue weighted by Gasteiger charge is 1.96. The first-order valence-corrected chi connectivity index (χ1v) is 19.3. The Morgan fingerprint density at radius 3 is 0.886 bits per heavy atom. The van der Waals surface area contributed by atoms with Crippen LogP contribution >= 0.6 is 0 Å². The lowest BCUT2D eigenvalue weighted by Crippen LogP contribution is -2.03. The molecule has 0 aliphatic rings. The van der Waals surface area contributed by atoms with Gasteiger partial charge in [-0.1, -0.05) is 215 Å². The molecule has 5 heteroatoms. The van der Waals surface area contributed by atoms with Gasteiger partial charge in [0, 0.05) is 14.6 Å². The number of ether oxygens (including phenoxy) is 1. The van der Waals surface area contributed by atoms with Crippen LogP contribution in [-0.4, -0.2) is 36.8 Å². The van der Waals surface area contributed by atoms with Crippen LogP contribution in [0.1, 0.15) is 229 Å². The van der Waals surface area contributed by atoms with Crippen molar-refractivity contribution in [3.63, 3.8) is 0 Å². The number of hydrogen-bond donors (Lipinski definition) is 3. The van der Waals surface area contributed by atoms with Crippen molar-refractivity contribution in [2.45, 2.75) is 228 Å². The van der Waals surface area contributed by atoms with Crippen molar-refractivity contribution in [2.24, 2.45) is 0 Å². The zero-order chi connectivity index (χ0) is 31.5. The van der Waals surface area contributed by atoms with Gasteiger partial charge in [-0.25, -0.2) is 4.89 Å². The highest BCUT2D eigenvalue weighted by atomic mass is 17.1.